The third-order valence-corrected chi connectivity index (χ3v) is 3.31. The first-order valence-electron chi connectivity index (χ1n) is 6.53. The molecule has 0 bridgehead atoms. The molecule has 1 amide bonds. The number of carbonyl (C=O) groups is 3. The predicted octanol–water partition coefficient (Wildman–Crippen LogP) is -0.0807. The molecule has 0 fully saturated rings. The van der Waals surface area contributed by atoms with Gasteiger partial charge >= 0.3 is 11.9 Å². The Bertz CT molecular complexity index is 586. The topological polar surface area (TPSA) is 110 Å². The maximum atomic E-state index is 12.4. The third kappa shape index (κ3) is 2.73. The lowest BCUT2D eigenvalue weighted by Crippen LogP contribution is -2.53. The van der Waals surface area contributed by atoms with Gasteiger partial charge in [-0.3, -0.25) is 9.69 Å². The number of carbonyl (C=O) groups excluding carboxylic acids is 2. The van der Waals surface area contributed by atoms with Crippen molar-refractivity contribution in [1.82, 2.24) is 0 Å². The second kappa shape index (κ2) is 5.92. The van der Waals surface area contributed by atoms with E-state index in [9.17, 15) is 19.5 Å². The van der Waals surface area contributed by atoms with Crippen LogP contribution in [-0.2, 0) is 25.5 Å². The van der Waals surface area contributed by atoms with Crippen LogP contribution in [0.2, 0.25) is 0 Å². The zero-order valence-corrected chi connectivity index (χ0v) is 11.5. The molecule has 112 valence electrons. The zero-order valence-electron chi connectivity index (χ0n) is 11.5. The molecule has 1 aromatic carbocycles. The number of fused-ring (bicyclic) bond motifs is 1. The van der Waals surface area contributed by atoms with E-state index in [-0.39, 0.29) is 13.0 Å². The molecule has 1 aliphatic heterocycles. The number of carboxylic acids is 1. The molecule has 0 aliphatic carbocycles. The van der Waals surface area contributed by atoms with Gasteiger partial charge in [0, 0.05) is 12.1 Å². The number of nitrogens with two attached hydrogens (primary N) is 1. The van der Waals surface area contributed by atoms with Gasteiger partial charge in [0.25, 0.3) is 5.91 Å². The van der Waals surface area contributed by atoms with E-state index in [1.165, 1.54) is 0 Å². The fourth-order valence-corrected chi connectivity index (χ4v) is 2.34. The van der Waals surface area contributed by atoms with Crippen molar-refractivity contribution in [2.45, 2.75) is 25.4 Å². The number of amides is 1. The van der Waals surface area contributed by atoms with E-state index in [0.717, 1.165) is 10.5 Å². The Morgan fingerprint density at radius 2 is 2.10 bits per heavy atom. The number of hydrogen-bond donors (Lipinski definition) is 2. The van der Waals surface area contributed by atoms with Gasteiger partial charge in [-0.2, -0.15) is 0 Å². The van der Waals surface area contributed by atoms with Gasteiger partial charge in [-0.25, -0.2) is 9.59 Å². The van der Waals surface area contributed by atoms with Crippen molar-refractivity contribution < 1.29 is 24.2 Å². The Morgan fingerprint density at radius 3 is 2.71 bits per heavy atom. The van der Waals surface area contributed by atoms with Crippen molar-refractivity contribution in [1.29, 1.82) is 0 Å². The zero-order chi connectivity index (χ0) is 15.6. The first-order valence-corrected chi connectivity index (χ1v) is 6.53. The lowest BCUT2D eigenvalue weighted by Gasteiger charge is -2.24. The first kappa shape index (κ1) is 15.0. The summed E-state index contributed by atoms with van der Waals surface area (Å²) < 4.78 is 4.71. The number of rotatable bonds is 4. The van der Waals surface area contributed by atoms with E-state index in [0.29, 0.717) is 5.69 Å². The molecule has 3 N–H and O–H groups in total. The van der Waals surface area contributed by atoms with Crippen LogP contribution in [-0.4, -0.2) is 41.6 Å². The summed E-state index contributed by atoms with van der Waals surface area (Å²) in [4.78, 5) is 36.4. The molecular weight excluding hydrogens is 276 g/mol. The maximum absolute atomic E-state index is 12.4. The Kier molecular flexibility index (Phi) is 4.23. The number of carboxylic acid groups (broad SMARTS) is 1. The van der Waals surface area contributed by atoms with Gasteiger partial charge in [-0.1, -0.05) is 18.2 Å². The molecular formula is C14H16N2O5. The Balaban J connectivity index is 2.32. The lowest BCUT2D eigenvalue weighted by atomic mass is 10.1. The van der Waals surface area contributed by atoms with Crippen LogP contribution >= 0.6 is 0 Å². The minimum Gasteiger partial charge on any atom is -0.480 e. The van der Waals surface area contributed by atoms with Crippen molar-refractivity contribution >= 4 is 23.5 Å². The Hall–Kier alpha value is -2.41. The predicted molar refractivity (Wildman–Crippen MR) is 73.7 cm³/mol. The van der Waals surface area contributed by atoms with E-state index in [2.05, 4.69) is 0 Å². The van der Waals surface area contributed by atoms with E-state index >= 15 is 0 Å². The number of hydrogen-bond acceptors (Lipinski definition) is 5. The molecule has 0 aromatic heterocycles. The molecule has 0 saturated heterocycles. The summed E-state index contributed by atoms with van der Waals surface area (Å²) in [6.45, 7) is 1.69. The van der Waals surface area contributed by atoms with Crippen LogP contribution in [0.3, 0.4) is 0 Å². The highest BCUT2D eigenvalue weighted by Crippen LogP contribution is 2.32. The molecule has 1 heterocycles. The average Bonchev–Trinajstić information content (AvgIpc) is 2.85. The average molecular weight is 292 g/mol. The summed E-state index contributed by atoms with van der Waals surface area (Å²) in [5, 5.41) is 9.28. The van der Waals surface area contributed by atoms with Crippen LogP contribution in [0.5, 0.6) is 0 Å². The minimum absolute atomic E-state index is 0.0960. The number of para-hydroxylation sites is 1. The molecule has 1 unspecified atom stereocenters. The standard InChI is InChI=1S/C14H16N2O5/c1-2-21-14(20)11(15)12(17)16-9-6-4-3-5-8(9)7-10(16)13(18)19/h3-6,10-11H,2,7,15H2,1H3,(H,18,19)/t10-,11?/m0/s1. The number of benzene rings is 1. The van der Waals surface area contributed by atoms with Gasteiger partial charge in [0.2, 0.25) is 0 Å². The van der Waals surface area contributed by atoms with Gasteiger partial charge in [0.15, 0.2) is 6.04 Å². The summed E-state index contributed by atoms with van der Waals surface area (Å²) in [6, 6.07) is 4.24. The van der Waals surface area contributed by atoms with E-state index < -0.39 is 29.9 Å². The Morgan fingerprint density at radius 1 is 1.43 bits per heavy atom. The highest BCUT2D eigenvalue weighted by Gasteiger charge is 2.41. The van der Waals surface area contributed by atoms with Crippen LogP contribution in [0, 0.1) is 0 Å². The first-order chi connectivity index (χ1) is 9.97. The molecule has 0 radical (unpaired) electrons. The fraction of sp³-hybridized carbons (Fsp3) is 0.357. The highest BCUT2D eigenvalue weighted by atomic mass is 16.5. The molecule has 2 rings (SSSR count). The third-order valence-electron chi connectivity index (χ3n) is 3.31. The van der Waals surface area contributed by atoms with Crippen molar-refractivity contribution in [3.8, 4) is 0 Å². The van der Waals surface area contributed by atoms with E-state index in [1.807, 2.05) is 0 Å². The van der Waals surface area contributed by atoms with E-state index in [1.54, 1.807) is 31.2 Å². The fourth-order valence-electron chi connectivity index (χ4n) is 2.34. The van der Waals surface area contributed by atoms with Crippen molar-refractivity contribution in [2.75, 3.05) is 11.5 Å². The normalized spacial score (nSPS) is 18.0. The second-order valence-corrected chi connectivity index (χ2v) is 4.62. The summed E-state index contributed by atoms with van der Waals surface area (Å²) >= 11 is 0. The number of ether oxygens (including phenoxy) is 1. The quantitative estimate of drug-likeness (QED) is 0.593. The van der Waals surface area contributed by atoms with Crippen molar-refractivity contribution in [3.63, 3.8) is 0 Å². The Labute approximate surface area is 121 Å². The van der Waals surface area contributed by atoms with Gasteiger partial charge in [0.05, 0.1) is 6.61 Å². The maximum Gasteiger partial charge on any atom is 0.332 e. The summed E-state index contributed by atoms with van der Waals surface area (Å²) in [7, 11) is 0. The number of esters is 1. The molecule has 0 spiro atoms. The SMILES string of the molecule is CCOC(=O)C(N)C(=O)N1c2ccccc2C[C@H]1C(=O)O. The molecule has 0 saturated carbocycles. The monoisotopic (exact) mass is 292 g/mol. The van der Waals surface area contributed by atoms with Crippen LogP contribution in [0.15, 0.2) is 24.3 Å². The summed E-state index contributed by atoms with van der Waals surface area (Å²) in [5.41, 5.74) is 6.79. The van der Waals surface area contributed by atoms with E-state index in [4.69, 9.17) is 10.5 Å². The van der Waals surface area contributed by atoms with Crippen molar-refractivity contribution in [3.05, 3.63) is 29.8 Å². The number of nitrogens with zero attached hydrogens (tertiary/aromatic N) is 1. The molecule has 7 nitrogen and oxygen atoms in total. The molecule has 21 heavy (non-hydrogen) atoms. The van der Waals surface area contributed by atoms with Crippen LogP contribution in [0.4, 0.5) is 5.69 Å². The lowest BCUT2D eigenvalue weighted by molar-refractivity contribution is -0.148. The van der Waals surface area contributed by atoms with Crippen LogP contribution in [0.25, 0.3) is 0 Å². The number of aliphatic carboxylic acids is 1. The highest BCUT2D eigenvalue weighted by molar-refractivity contribution is 6.12. The van der Waals surface area contributed by atoms with Gasteiger partial charge in [-0.15, -0.1) is 0 Å². The summed E-state index contributed by atoms with van der Waals surface area (Å²) in [5.74, 6) is -2.78. The van der Waals surface area contributed by atoms with Gasteiger partial charge < -0.3 is 15.6 Å². The number of anilines is 1. The van der Waals surface area contributed by atoms with Crippen LogP contribution in [0.1, 0.15) is 12.5 Å². The molecule has 1 aromatic rings. The van der Waals surface area contributed by atoms with Gasteiger partial charge in [-0.05, 0) is 18.6 Å². The molecule has 7 heteroatoms. The molecule has 1 aliphatic rings. The van der Waals surface area contributed by atoms with Gasteiger partial charge in [0.1, 0.15) is 6.04 Å². The summed E-state index contributed by atoms with van der Waals surface area (Å²) in [6.07, 6.45) is 0.187. The minimum atomic E-state index is -1.53. The largest absolute Gasteiger partial charge is 0.480 e. The van der Waals surface area contributed by atoms with Crippen molar-refractivity contribution in [2.24, 2.45) is 5.73 Å². The molecule has 2 atom stereocenters. The smallest absolute Gasteiger partial charge is 0.332 e. The second-order valence-electron chi connectivity index (χ2n) is 4.62. The van der Waals surface area contributed by atoms with Crippen LogP contribution < -0.4 is 10.6 Å².